The van der Waals surface area contributed by atoms with Crippen LogP contribution in [0.4, 0.5) is 13.2 Å². The number of rotatable bonds is 4. The summed E-state index contributed by atoms with van der Waals surface area (Å²) in [6.45, 7) is 2.82. The van der Waals surface area contributed by atoms with Crippen molar-refractivity contribution in [2.45, 2.75) is 32.4 Å². The van der Waals surface area contributed by atoms with Gasteiger partial charge < -0.3 is 19.5 Å². The van der Waals surface area contributed by atoms with E-state index in [0.717, 1.165) is 6.07 Å². The summed E-state index contributed by atoms with van der Waals surface area (Å²) in [4.78, 5) is 14.3. The molecule has 28 heavy (non-hydrogen) atoms. The van der Waals surface area contributed by atoms with Crippen LogP contribution < -0.4 is 0 Å². The summed E-state index contributed by atoms with van der Waals surface area (Å²) in [6, 6.07) is 5.46. The molecule has 0 aromatic heterocycles. The van der Waals surface area contributed by atoms with Gasteiger partial charge in [-0.2, -0.15) is 13.2 Å². The molecule has 1 N–H and O–H groups in total. The summed E-state index contributed by atoms with van der Waals surface area (Å²) in [6.07, 6.45) is -3.50. The van der Waals surface area contributed by atoms with E-state index in [1.54, 1.807) is 17.9 Å². The van der Waals surface area contributed by atoms with Crippen LogP contribution in [0.15, 0.2) is 35.8 Å². The lowest BCUT2D eigenvalue weighted by Crippen LogP contribution is -2.46. The topological polar surface area (TPSA) is 59.0 Å². The maximum Gasteiger partial charge on any atom is 0.416 e. The van der Waals surface area contributed by atoms with E-state index in [9.17, 15) is 23.1 Å². The highest BCUT2D eigenvalue weighted by atomic mass is 19.4. The first-order valence-electron chi connectivity index (χ1n) is 9.27. The predicted octanol–water partition coefficient (Wildman–Crippen LogP) is 3.13. The number of alkyl halides is 3. The first-order valence-corrected chi connectivity index (χ1v) is 9.27. The van der Waals surface area contributed by atoms with E-state index in [1.807, 2.05) is 0 Å². The molecular weight excluding hydrogens is 375 g/mol. The molecule has 5 nitrogen and oxygen atoms in total. The zero-order valence-electron chi connectivity index (χ0n) is 15.7. The number of benzene rings is 1. The van der Waals surface area contributed by atoms with Gasteiger partial charge >= 0.3 is 6.18 Å². The van der Waals surface area contributed by atoms with Crippen LogP contribution in [0.2, 0.25) is 0 Å². The minimum absolute atomic E-state index is 0.114. The van der Waals surface area contributed by atoms with Crippen LogP contribution in [-0.2, 0) is 26.9 Å². The number of amides is 1. The lowest BCUT2D eigenvalue weighted by atomic mass is 9.73. The number of nitrogens with zero attached hydrogens (tertiary/aromatic N) is 1. The molecule has 1 aromatic rings. The molecule has 0 spiro atoms. The summed E-state index contributed by atoms with van der Waals surface area (Å²) in [5.74, 6) is 0.346. The highest BCUT2D eigenvalue weighted by Crippen LogP contribution is 2.39. The van der Waals surface area contributed by atoms with Gasteiger partial charge in [0.05, 0.1) is 5.56 Å². The molecule has 2 aliphatic rings. The molecule has 2 aliphatic heterocycles. The monoisotopic (exact) mass is 399 g/mol. The highest BCUT2D eigenvalue weighted by molar-refractivity contribution is 5.92. The molecule has 0 radical (unpaired) electrons. The Balaban J connectivity index is 1.72. The Morgan fingerprint density at radius 2 is 1.82 bits per heavy atom. The third kappa shape index (κ3) is 4.27. The predicted molar refractivity (Wildman–Crippen MR) is 95.1 cm³/mol. The van der Waals surface area contributed by atoms with Crippen molar-refractivity contribution < 1.29 is 32.5 Å². The van der Waals surface area contributed by atoms with Crippen LogP contribution >= 0.6 is 0 Å². The number of piperidine rings is 1. The number of ether oxygens (including phenoxy) is 2. The number of halogens is 3. The van der Waals surface area contributed by atoms with Crippen LogP contribution in [0.25, 0.3) is 0 Å². The number of carbonyl (C=O) groups excluding carboxylic acids is 1. The molecular formula is C20H24F3NO4. The van der Waals surface area contributed by atoms with E-state index in [1.165, 1.54) is 12.1 Å². The first kappa shape index (κ1) is 20.5. The van der Waals surface area contributed by atoms with Gasteiger partial charge in [-0.15, -0.1) is 0 Å². The van der Waals surface area contributed by atoms with Crippen LogP contribution in [0.1, 0.15) is 30.9 Å². The van der Waals surface area contributed by atoms with Gasteiger partial charge in [0.2, 0.25) is 5.76 Å². The summed E-state index contributed by atoms with van der Waals surface area (Å²) >= 11 is 0. The van der Waals surface area contributed by atoms with E-state index in [4.69, 9.17) is 9.47 Å². The molecule has 3 rings (SSSR count). The SMILES string of the molecule is CC1=C(C(=O)N2CCC(CO)(Cc3ccccc3C(F)(F)F)CC2)OCCO1. The van der Waals surface area contributed by atoms with E-state index in [0.29, 0.717) is 44.9 Å². The Bertz CT molecular complexity index is 752. The Kier molecular flexibility index (Phi) is 5.88. The molecule has 1 aromatic carbocycles. The second-order valence-corrected chi connectivity index (χ2v) is 7.36. The molecule has 0 unspecified atom stereocenters. The Hall–Kier alpha value is -2.22. The van der Waals surface area contributed by atoms with Gasteiger partial charge in [-0.25, -0.2) is 0 Å². The average molecular weight is 399 g/mol. The van der Waals surface area contributed by atoms with Crippen LogP contribution in [0.5, 0.6) is 0 Å². The molecule has 2 heterocycles. The van der Waals surface area contributed by atoms with Crippen molar-refractivity contribution in [3.05, 3.63) is 46.9 Å². The Morgan fingerprint density at radius 1 is 1.18 bits per heavy atom. The molecule has 0 bridgehead atoms. The molecule has 1 saturated heterocycles. The van der Waals surface area contributed by atoms with Crippen LogP contribution in [0.3, 0.4) is 0 Å². The fourth-order valence-electron chi connectivity index (χ4n) is 3.79. The molecule has 154 valence electrons. The average Bonchev–Trinajstić information content (AvgIpc) is 2.68. The smallest absolute Gasteiger partial charge is 0.416 e. The lowest BCUT2D eigenvalue weighted by Gasteiger charge is -2.41. The summed E-state index contributed by atoms with van der Waals surface area (Å²) in [5.41, 5.74) is -1.19. The molecule has 1 amide bonds. The Morgan fingerprint density at radius 3 is 2.43 bits per heavy atom. The molecule has 1 fully saturated rings. The van der Waals surface area contributed by atoms with Crippen molar-refractivity contribution in [3.8, 4) is 0 Å². The summed E-state index contributed by atoms with van der Waals surface area (Å²) < 4.78 is 50.7. The van der Waals surface area contributed by atoms with Gasteiger partial charge in [0.1, 0.15) is 19.0 Å². The number of aliphatic hydroxyl groups excluding tert-OH is 1. The summed E-state index contributed by atoms with van der Waals surface area (Å²) in [7, 11) is 0. The molecule has 8 heteroatoms. The standard InChI is InChI=1S/C20H24F3NO4/c1-14-17(28-11-10-27-14)18(26)24-8-6-19(13-25,7-9-24)12-15-4-2-3-5-16(15)20(21,22)23/h2-5,25H,6-13H2,1H3. The van der Waals surface area contributed by atoms with Gasteiger partial charge in [0.15, 0.2) is 0 Å². The first-order chi connectivity index (χ1) is 13.3. The zero-order valence-corrected chi connectivity index (χ0v) is 15.7. The molecule has 0 saturated carbocycles. The largest absolute Gasteiger partial charge is 0.491 e. The highest BCUT2D eigenvalue weighted by Gasteiger charge is 2.40. The lowest BCUT2D eigenvalue weighted by molar-refractivity contribution is -0.138. The maximum atomic E-state index is 13.3. The fourth-order valence-corrected chi connectivity index (χ4v) is 3.79. The third-order valence-electron chi connectivity index (χ3n) is 5.50. The van der Waals surface area contributed by atoms with E-state index in [-0.39, 0.29) is 30.3 Å². The van der Waals surface area contributed by atoms with E-state index in [2.05, 4.69) is 0 Å². The van der Waals surface area contributed by atoms with Gasteiger partial charge in [-0.05, 0) is 37.8 Å². The minimum Gasteiger partial charge on any atom is -0.491 e. The van der Waals surface area contributed by atoms with Crippen molar-refractivity contribution in [2.75, 3.05) is 32.9 Å². The number of aliphatic hydroxyl groups is 1. The fraction of sp³-hybridized carbons (Fsp3) is 0.550. The molecule has 0 aliphatic carbocycles. The van der Waals surface area contributed by atoms with E-state index >= 15 is 0 Å². The molecule has 0 atom stereocenters. The second kappa shape index (κ2) is 8.03. The number of carbonyl (C=O) groups is 1. The minimum atomic E-state index is -4.44. The van der Waals surface area contributed by atoms with Crippen molar-refractivity contribution in [2.24, 2.45) is 5.41 Å². The van der Waals surface area contributed by atoms with Crippen molar-refractivity contribution in [1.82, 2.24) is 4.90 Å². The van der Waals surface area contributed by atoms with Crippen LogP contribution in [-0.4, -0.2) is 48.8 Å². The third-order valence-corrected chi connectivity index (χ3v) is 5.50. The second-order valence-electron chi connectivity index (χ2n) is 7.36. The van der Waals surface area contributed by atoms with Gasteiger partial charge in [0.25, 0.3) is 5.91 Å². The quantitative estimate of drug-likeness (QED) is 0.845. The number of likely N-dealkylation sites (tertiary alicyclic amines) is 1. The van der Waals surface area contributed by atoms with Crippen molar-refractivity contribution >= 4 is 5.91 Å². The van der Waals surface area contributed by atoms with Crippen LogP contribution in [0, 0.1) is 5.41 Å². The maximum absolute atomic E-state index is 13.3. The van der Waals surface area contributed by atoms with Gasteiger partial charge in [0, 0.05) is 25.1 Å². The summed E-state index contributed by atoms with van der Waals surface area (Å²) in [5, 5.41) is 9.97. The van der Waals surface area contributed by atoms with Crippen molar-refractivity contribution in [3.63, 3.8) is 0 Å². The van der Waals surface area contributed by atoms with Gasteiger partial charge in [-0.1, -0.05) is 18.2 Å². The van der Waals surface area contributed by atoms with Crippen molar-refractivity contribution in [1.29, 1.82) is 0 Å². The zero-order chi connectivity index (χ0) is 20.4. The number of allylic oxidation sites excluding steroid dienone is 1. The normalized spacial score (nSPS) is 19.8. The van der Waals surface area contributed by atoms with E-state index < -0.39 is 17.2 Å². The Labute approximate surface area is 161 Å². The number of hydrogen-bond acceptors (Lipinski definition) is 4. The van der Waals surface area contributed by atoms with Gasteiger partial charge in [-0.3, -0.25) is 4.79 Å². The number of hydrogen-bond donors (Lipinski definition) is 1.